The van der Waals surface area contributed by atoms with Gasteiger partial charge in [0.1, 0.15) is 12.9 Å². The first-order valence-corrected chi connectivity index (χ1v) is 20.6. The predicted molar refractivity (Wildman–Crippen MR) is 192 cm³/mol. The first-order valence-electron chi connectivity index (χ1n) is 16.1. The Hall–Kier alpha value is -2.36. The summed E-state index contributed by atoms with van der Waals surface area (Å²) in [6, 6.07) is 19.1. The number of pyridine rings is 1. The van der Waals surface area contributed by atoms with Gasteiger partial charge >= 0.3 is 0 Å². The lowest BCUT2D eigenvalue weighted by Gasteiger charge is -2.51. The normalized spacial score (nSPS) is 21.6. The lowest BCUT2D eigenvalue weighted by molar-refractivity contribution is -0.177. The number of methoxy groups -OCH3 is 2. The van der Waals surface area contributed by atoms with Crippen molar-refractivity contribution >= 4 is 44.7 Å². The second kappa shape index (κ2) is 15.7. The molecule has 4 unspecified atom stereocenters. The van der Waals surface area contributed by atoms with Gasteiger partial charge in [0.15, 0.2) is 5.75 Å². The van der Waals surface area contributed by atoms with Gasteiger partial charge in [-0.15, -0.1) is 0 Å². The number of aliphatic hydroxyl groups is 1. The molecule has 0 radical (unpaired) electrons. The highest BCUT2D eigenvalue weighted by molar-refractivity contribution is 9.10. The molecule has 2 N–H and O–H groups in total. The number of nitrogens with zero attached hydrogens (tertiary/aromatic N) is 1. The molecular weight excluding hydrogens is 718 g/mol. The van der Waals surface area contributed by atoms with Crippen LogP contribution in [0.25, 0.3) is 0 Å². The van der Waals surface area contributed by atoms with Crippen LogP contribution >= 0.6 is 15.9 Å². The van der Waals surface area contributed by atoms with E-state index in [0.29, 0.717) is 37.8 Å². The molecule has 13 heteroatoms. The van der Waals surface area contributed by atoms with E-state index in [2.05, 4.69) is 29.8 Å². The molecule has 264 valence electrons. The average Bonchev–Trinajstić information content (AvgIpc) is 3.05. The van der Waals surface area contributed by atoms with Crippen molar-refractivity contribution < 1.29 is 36.7 Å². The zero-order valence-electron chi connectivity index (χ0n) is 28.5. The maximum Gasteiger partial charge on any atom is 0.264 e. The van der Waals surface area contributed by atoms with Crippen molar-refractivity contribution in [3.63, 3.8) is 0 Å². The molecule has 2 heterocycles. The van der Waals surface area contributed by atoms with E-state index in [1.165, 1.54) is 14.2 Å². The molecule has 0 saturated heterocycles. The predicted octanol–water partition coefficient (Wildman–Crippen LogP) is 4.66. The van der Waals surface area contributed by atoms with E-state index in [1.807, 2.05) is 67.6 Å². The zero-order chi connectivity index (χ0) is 35.3. The van der Waals surface area contributed by atoms with Crippen LogP contribution in [0.1, 0.15) is 70.7 Å². The maximum absolute atomic E-state index is 13.3. The average molecular weight is 767 g/mol. The van der Waals surface area contributed by atoms with Gasteiger partial charge in [0, 0.05) is 18.7 Å². The van der Waals surface area contributed by atoms with Gasteiger partial charge in [-0.05, 0) is 57.0 Å². The van der Waals surface area contributed by atoms with Crippen LogP contribution in [0.3, 0.4) is 0 Å². The van der Waals surface area contributed by atoms with Gasteiger partial charge in [-0.3, -0.25) is 8.98 Å². The van der Waals surface area contributed by atoms with Crippen LogP contribution in [0.4, 0.5) is 0 Å². The highest BCUT2D eigenvalue weighted by Gasteiger charge is 2.54. The fourth-order valence-corrected chi connectivity index (χ4v) is 11.9. The van der Waals surface area contributed by atoms with E-state index < -0.39 is 47.1 Å². The maximum atomic E-state index is 13.3. The third kappa shape index (κ3) is 7.83. The van der Waals surface area contributed by atoms with Gasteiger partial charge in [-0.2, -0.15) is 8.42 Å². The number of hydrogen-bond acceptors (Lipinski definition) is 9. The van der Waals surface area contributed by atoms with Crippen molar-refractivity contribution in [2.45, 2.75) is 76.2 Å². The molecule has 10 nitrogen and oxygen atoms in total. The van der Waals surface area contributed by atoms with Gasteiger partial charge in [0.05, 0.1) is 42.3 Å². The van der Waals surface area contributed by atoms with Crippen LogP contribution < -0.4 is 20.5 Å². The summed E-state index contributed by atoms with van der Waals surface area (Å²) in [5.74, 6) is 0.0938. The summed E-state index contributed by atoms with van der Waals surface area (Å²) in [5, 5.41) is 13.6. The molecule has 4 atom stereocenters. The van der Waals surface area contributed by atoms with Gasteiger partial charge in [-0.25, -0.2) is 0 Å². The number of hydrogen-bond donors (Lipinski definition) is 2. The monoisotopic (exact) mass is 765 g/mol. The molecule has 48 heavy (non-hydrogen) atoms. The van der Waals surface area contributed by atoms with E-state index in [0.717, 1.165) is 16.6 Å². The third-order valence-corrected chi connectivity index (χ3v) is 15.5. The molecule has 0 spiro atoms. The summed E-state index contributed by atoms with van der Waals surface area (Å²) < 4.78 is 47.6. The Morgan fingerprint density at radius 2 is 1.60 bits per heavy atom. The van der Waals surface area contributed by atoms with Crippen LogP contribution in [0.15, 0.2) is 76.1 Å². The molecule has 1 aromatic heterocycles. The summed E-state index contributed by atoms with van der Waals surface area (Å²) in [7, 11) is -3.98. The molecule has 4 rings (SSSR count). The molecule has 0 fully saturated rings. The Kier molecular flexibility index (Phi) is 12.6. The van der Waals surface area contributed by atoms with E-state index in [-0.39, 0.29) is 29.1 Å². The number of benzene rings is 2. The number of halogens is 1. The minimum Gasteiger partial charge on any atom is -0.491 e. The highest BCUT2D eigenvalue weighted by atomic mass is 79.9. The minimum absolute atomic E-state index is 0.0490. The second-order valence-electron chi connectivity index (χ2n) is 13.5. The first-order chi connectivity index (χ1) is 22.6. The molecule has 2 aromatic carbocycles. The van der Waals surface area contributed by atoms with E-state index in [4.69, 9.17) is 18.4 Å². The SMILES string of the molecule is COCOC1c2c(OC)c(=O)c(Br)cn2C(CCCOS(C)(=O)=O)C(O)C1(C)CCCC(C)(C)[Si](O)(c1ccccc1)c1ccccc1. The summed E-state index contributed by atoms with van der Waals surface area (Å²) in [5.41, 5.74) is -0.817. The number of ether oxygens (including phenoxy) is 3. The fourth-order valence-electron chi connectivity index (χ4n) is 7.26. The van der Waals surface area contributed by atoms with E-state index >= 15 is 0 Å². The number of rotatable bonds is 16. The third-order valence-electron chi connectivity index (χ3n) is 9.81. The van der Waals surface area contributed by atoms with Gasteiger partial charge in [-0.1, -0.05) is 87.9 Å². The van der Waals surface area contributed by atoms with E-state index in [1.54, 1.807) is 10.8 Å². The summed E-state index contributed by atoms with van der Waals surface area (Å²) in [6.45, 7) is 6.02. The topological polar surface area (TPSA) is 134 Å². The van der Waals surface area contributed by atoms with Crippen molar-refractivity contribution in [3.8, 4) is 5.75 Å². The Bertz CT molecular complexity index is 1650. The van der Waals surface area contributed by atoms with Crippen molar-refractivity contribution in [1.29, 1.82) is 0 Å². The van der Waals surface area contributed by atoms with Gasteiger partial charge in [0.25, 0.3) is 18.4 Å². The molecule has 0 amide bonds. The van der Waals surface area contributed by atoms with E-state index in [9.17, 15) is 23.1 Å². The lowest BCUT2D eigenvalue weighted by atomic mass is 9.67. The molecule has 1 aliphatic heterocycles. The van der Waals surface area contributed by atoms with Crippen molar-refractivity contribution in [1.82, 2.24) is 4.57 Å². The Labute approximate surface area is 293 Å². The first kappa shape index (κ1) is 38.4. The Morgan fingerprint density at radius 1 is 1.02 bits per heavy atom. The number of fused-ring (bicyclic) bond motifs is 1. The van der Waals surface area contributed by atoms with Gasteiger partial charge < -0.3 is 28.7 Å². The smallest absolute Gasteiger partial charge is 0.264 e. The van der Waals surface area contributed by atoms with Crippen LogP contribution in [-0.4, -0.2) is 71.2 Å². The standard InChI is InChI=1S/C35H48BrNO9SSi/c1-34(2,48(42,25-15-9-7-10-16-25)26-17-11-8-12-18-26)20-14-21-35(3)32(39)28(19-13-22-46-47(6,40)41)37-23-27(36)30(38)31(44-5)29(37)33(35)45-24-43-4/h7-12,15-18,23,28,32-33,39,42H,13-14,19-22,24H2,1-6H3. The second-order valence-corrected chi connectivity index (χ2v) is 19.9. The van der Waals surface area contributed by atoms with Crippen LogP contribution in [0, 0.1) is 5.41 Å². The molecule has 0 aliphatic carbocycles. The van der Waals surface area contributed by atoms with Crippen molar-refractivity contribution in [2.75, 3.05) is 33.9 Å². The molecular formula is C35H48BrNO9SSi. The zero-order valence-corrected chi connectivity index (χ0v) is 31.9. The minimum atomic E-state index is -3.63. The van der Waals surface area contributed by atoms with Crippen LogP contribution in [0.2, 0.25) is 5.04 Å². The van der Waals surface area contributed by atoms with Crippen molar-refractivity contribution in [2.24, 2.45) is 5.41 Å². The lowest BCUT2D eigenvalue weighted by Crippen LogP contribution is -2.65. The summed E-state index contributed by atoms with van der Waals surface area (Å²) >= 11 is 3.36. The van der Waals surface area contributed by atoms with Gasteiger partial charge in [0.2, 0.25) is 5.43 Å². The molecule has 1 aliphatic rings. The largest absolute Gasteiger partial charge is 0.491 e. The summed E-state index contributed by atoms with van der Waals surface area (Å²) in [4.78, 5) is 26.1. The van der Waals surface area contributed by atoms with Crippen LogP contribution in [-0.2, 0) is 23.8 Å². The van der Waals surface area contributed by atoms with Crippen molar-refractivity contribution in [3.05, 3.63) is 87.3 Å². The fraction of sp³-hybridized carbons (Fsp3) is 0.514. The number of aliphatic hydroxyl groups excluding tert-OH is 1. The Morgan fingerprint density at radius 3 is 2.12 bits per heavy atom. The summed E-state index contributed by atoms with van der Waals surface area (Å²) in [6.07, 6.45) is 3.27. The van der Waals surface area contributed by atoms with Crippen LogP contribution in [0.5, 0.6) is 5.75 Å². The highest BCUT2D eigenvalue weighted by Crippen LogP contribution is 2.54. The molecule has 3 aromatic rings. The quantitative estimate of drug-likeness (QED) is 0.0925. The Balaban J connectivity index is 1.74. The molecule has 0 bridgehead atoms. The number of aromatic nitrogens is 1. The molecule has 0 saturated carbocycles.